The zero-order valence-electron chi connectivity index (χ0n) is 11.1. The molecule has 104 valence electrons. The van der Waals surface area contributed by atoms with E-state index in [9.17, 15) is 0 Å². The molecule has 0 amide bonds. The van der Waals surface area contributed by atoms with E-state index in [1.807, 2.05) is 18.2 Å². The number of methoxy groups -OCH3 is 1. The first-order valence-electron chi connectivity index (χ1n) is 6.18. The van der Waals surface area contributed by atoms with Gasteiger partial charge >= 0.3 is 0 Å². The SMILES string of the molecule is COCCNCc1ccc(Br)cc1-n1ccnc1C#N. The van der Waals surface area contributed by atoms with Gasteiger partial charge in [-0.15, -0.1) is 0 Å². The summed E-state index contributed by atoms with van der Waals surface area (Å²) in [5.74, 6) is 0.376. The van der Waals surface area contributed by atoms with Crippen molar-refractivity contribution in [1.29, 1.82) is 5.26 Å². The molecule has 20 heavy (non-hydrogen) atoms. The minimum absolute atomic E-state index is 0.376. The summed E-state index contributed by atoms with van der Waals surface area (Å²) in [5, 5.41) is 12.4. The van der Waals surface area contributed by atoms with Crippen molar-refractivity contribution in [2.75, 3.05) is 20.3 Å². The van der Waals surface area contributed by atoms with Crippen molar-refractivity contribution < 1.29 is 4.74 Å². The van der Waals surface area contributed by atoms with Crippen LogP contribution in [0.4, 0.5) is 0 Å². The number of aromatic nitrogens is 2. The fourth-order valence-electron chi connectivity index (χ4n) is 1.89. The van der Waals surface area contributed by atoms with Crippen LogP contribution in [0.2, 0.25) is 0 Å². The third-order valence-electron chi connectivity index (χ3n) is 2.85. The second kappa shape index (κ2) is 7.20. The van der Waals surface area contributed by atoms with Crippen LogP contribution in [0.3, 0.4) is 0 Å². The van der Waals surface area contributed by atoms with Gasteiger partial charge in [0.15, 0.2) is 0 Å². The molecule has 0 atom stereocenters. The van der Waals surface area contributed by atoms with Gasteiger partial charge in [0.25, 0.3) is 0 Å². The lowest BCUT2D eigenvalue weighted by Gasteiger charge is -2.12. The molecule has 0 aliphatic carbocycles. The molecule has 0 aliphatic rings. The van der Waals surface area contributed by atoms with E-state index in [4.69, 9.17) is 10.00 Å². The molecule has 6 heteroatoms. The fourth-order valence-corrected chi connectivity index (χ4v) is 2.24. The van der Waals surface area contributed by atoms with Gasteiger partial charge in [-0.05, 0) is 17.7 Å². The fraction of sp³-hybridized carbons (Fsp3) is 0.286. The molecule has 1 heterocycles. The lowest BCUT2D eigenvalue weighted by Crippen LogP contribution is -2.19. The summed E-state index contributed by atoms with van der Waals surface area (Å²) < 4.78 is 7.76. The Labute approximate surface area is 126 Å². The van der Waals surface area contributed by atoms with Crippen LogP contribution in [0.5, 0.6) is 0 Å². The Hall–Kier alpha value is -1.68. The highest BCUT2D eigenvalue weighted by Crippen LogP contribution is 2.21. The molecule has 0 radical (unpaired) electrons. The Morgan fingerprint density at radius 2 is 2.35 bits per heavy atom. The van der Waals surface area contributed by atoms with E-state index in [1.54, 1.807) is 24.1 Å². The van der Waals surface area contributed by atoms with Crippen molar-refractivity contribution in [3.05, 3.63) is 46.5 Å². The average molecular weight is 335 g/mol. The first-order valence-corrected chi connectivity index (χ1v) is 6.97. The molecular formula is C14H15BrN4O. The van der Waals surface area contributed by atoms with Crippen LogP contribution in [0.15, 0.2) is 35.1 Å². The van der Waals surface area contributed by atoms with Gasteiger partial charge in [-0.3, -0.25) is 4.57 Å². The van der Waals surface area contributed by atoms with Gasteiger partial charge in [0, 0.05) is 37.1 Å². The highest BCUT2D eigenvalue weighted by molar-refractivity contribution is 9.10. The molecule has 0 spiro atoms. The van der Waals surface area contributed by atoms with Crippen molar-refractivity contribution in [2.24, 2.45) is 0 Å². The third-order valence-corrected chi connectivity index (χ3v) is 3.34. The molecule has 1 aromatic carbocycles. The summed E-state index contributed by atoms with van der Waals surface area (Å²) in [6.07, 6.45) is 3.42. The van der Waals surface area contributed by atoms with Crippen LogP contribution in [0.1, 0.15) is 11.4 Å². The topological polar surface area (TPSA) is 62.9 Å². The van der Waals surface area contributed by atoms with E-state index < -0.39 is 0 Å². The number of hydrogen-bond acceptors (Lipinski definition) is 4. The first-order chi connectivity index (χ1) is 9.76. The van der Waals surface area contributed by atoms with Gasteiger partial charge in [-0.25, -0.2) is 4.98 Å². The minimum Gasteiger partial charge on any atom is -0.383 e. The van der Waals surface area contributed by atoms with Gasteiger partial charge < -0.3 is 10.1 Å². The van der Waals surface area contributed by atoms with Crippen LogP contribution in [0.25, 0.3) is 5.69 Å². The van der Waals surface area contributed by atoms with E-state index in [2.05, 4.69) is 32.3 Å². The zero-order valence-corrected chi connectivity index (χ0v) is 12.7. The third kappa shape index (κ3) is 3.45. The molecule has 2 aromatic rings. The van der Waals surface area contributed by atoms with Crippen LogP contribution < -0.4 is 5.32 Å². The van der Waals surface area contributed by atoms with Gasteiger partial charge in [0.1, 0.15) is 6.07 Å². The lowest BCUT2D eigenvalue weighted by molar-refractivity contribution is 0.199. The zero-order chi connectivity index (χ0) is 14.4. The largest absolute Gasteiger partial charge is 0.383 e. The van der Waals surface area contributed by atoms with Gasteiger partial charge in [0.2, 0.25) is 5.82 Å². The van der Waals surface area contributed by atoms with E-state index in [0.717, 1.165) is 22.3 Å². The second-order valence-corrected chi connectivity index (χ2v) is 5.09. The van der Waals surface area contributed by atoms with Crippen LogP contribution in [0, 0.1) is 11.3 Å². The van der Waals surface area contributed by atoms with E-state index >= 15 is 0 Å². The number of imidazole rings is 1. The maximum absolute atomic E-state index is 9.10. The van der Waals surface area contributed by atoms with Gasteiger partial charge in [-0.2, -0.15) is 5.26 Å². The van der Waals surface area contributed by atoms with Crippen molar-refractivity contribution in [3.8, 4) is 11.8 Å². The van der Waals surface area contributed by atoms with E-state index in [0.29, 0.717) is 19.0 Å². The highest BCUT2D eigenvalue weighted by Gasteiger charge is 2.09. The number of benzene rings is 1. The summed E-state index contributed by atoms with van der Waals surface area (Å²) in [6.45, 7) is 2.15. The summed E-state index contributed by atoms with van der Waals surface area (Å²) in [7, 11) is 1.68. The van der Waals surface area contributed by atoms with Crippen LogP contribution in [-0.2, 0) is 11.3 Å². The van der Waals surface area contributed by atoms with Crippen LogP contribution >= 0.6 is 15.9 Å². The molecule has 0 fully saturated rings. The molecule has 0 saturated heterocycles. The predicted octanol–water partition coefficient (Wildman–Crippen LogP) is 2.24. The number of nitriles is 1. The maximum Gasteiger partial charge on any atom is 0.217 e. The van der Waals surface area contributed by atoms with E-state index in [-0.39, 0.29) is 0 Å². The number of nitrogens with one attached hydrogen (secondary N) is 1. The molecule has 1 N–H and O–H groups in total. The maximum atomic E-state index is 9.10. The number of nitrogens with zero attached hydrogens (tertiary/aromatic N) is 3. The summed E-state index contributed by atoms with van der Waals surface area (Å²) in [6, 6.07) is 8.09. The molecular weight excluding hydrogens is 320 g/mol. The van der Waals surface area contributed by atoms with E-state index in [1.165, 1.54) is 0 Å². The smallest absolute Gasteiger partial charge is 0.217 e. The Morgan fingerprint density at radius 3 is 3.10 bits per heavy atom. The van der Waals surface area contributed by atoms with Crippen molar-refractivity contribution >= 4 is 15.9 Å². The number of ether oxygens (including phenoxy) is 1. The Bertz CT molecular complexity index is 618. The predicted molar refractivity (Wildman–Crippen MR) is 79.6 cm³/mol. The Morgan fingerprint density at radius 1 is 1.50 bits per heavy atom. The molecule has 5 nitrogen and oxygen atoms in total. The van der Waals surface area contributed by atoms with Crippen molar-refractivity contribution in [1.82, 2.24) is 14.9 Å². The molecule has 2 rings (SSSR count). The number of rotatable bonds is 6. The molecule has 0 unspecified atom stereocenters. The van der Waals surface area contributed by atoms with Crippen LogP contribution in [-0.4, -0.2) is 29.8 Å². The first kappa shape index (κ1) is 14.7. The summed E-state index contributed by atoms with van der Waals surface area (Å²) in [5.41, 5.74) is 2.04. The van der Waals surface area contributed by atoms with Gasteiger partial charge in [0.05, 0.1) is 12.3 Å². The summed E-state index contributed by atoms with van der Waals surface area (Å²) in [4.78, 5) is 4.04. The Kier molecular flexibility index (Phi) is 5.30. The van der Waals surface area contributed by atoms with Crippen molar-refractivity contribution in [2.45, 2.75) is 6.54 Å². The highest BCUT2D eigenvalue weighted by atomic mass is 79.9. The number of halogens is 1. The molecule has 0 saturated carbocycles. The second-order valence-electron chi connectivity index (χ2n) is 4.18. The standard InChI is InChI=1S/C14H15BrN4O/c1-20-7-5-17-10-11-2-3-12(15)8-13(11)19-6-4-18-14(19)9-16/h2-4,6,8,17H,5,7,10H2,1H3. The molecule has 0 bridgehead atoms. The number of hydrogen-bond donors (Lipinski definition) is 1. The molecule has 0 aliphatic heterocycles. The van der Waals surface area contributed by atoms with Crippen molar-refractivity contribution in [3.63, 3.8) is 0 Å². The Balaban J connectivity index is 2.27. The average Bonchev–Trinajstić information content (AvgIpc) is 2.93. The summed E-state index contributed by atoms with van der Waals surface area (Å²) >= 11 is 3.46. The lowest BCUT2D eigenvalue weighted by atomic mass is 10.1. The normalized spacial score (nSPS) is 10.4. The monoisotopic (exact) mass is 334 g/mol. The molecule has 1 aromatic heterocycles. The quantitative estimate of drug-likeness (QED) is 0.823. The minimum atomic E-state index is 0.376. The van der Waals surface area contributed by atoms with Gasteiger partial charge in [-0.1, -0.05) is 22.0 Å².